The van der Waals surface area contributed by atoms with Crippen LogP contribution in [-0.2, 0) is 14.3 Å². The molecule has 0 spiro atoms. The first-order chi connectivity index (χ1) is 9.08. The van der Waals surface area contributed by atoms with Crippen LogP contribution in [0.3, 0.4) is 0 Å². The average molecular weight is 268 g/mol. The lowest BCUT2D eigenvalue weighted by atomic mass is 9.97. The van der Waals surface area contributed by atoms with Crippen molar-refractivity contribution in [3.05, 3.63) is 0 Å². The van der Waals surface area contributed by atoms with Crippen molar-refractivity contribution >= 4 is 11.8 Å². The van der Waals surface area contributed by atoms with E-state index in [4.69, 9.17) is 4.74 Å². The lowest BCUT2D eigenvalue weighted by molar-refractivity contribution is -0.150. The average Bonchev–Trinajstić information content (AvgIpc) is 2.79. The highest BCUT2D eigenvalue weighted by atomic mass is 16.5. The largest absolute Gasteiger partial charge is 0.378 e. The lowest BCUT2D eigenvalue weighted by Crippen LogP contribution is -2.63. The summed E-state index contributed by atoms with van der Waals surface area (Å²) in [5.74, 6) is 0.398. The van der Waals surface area contributed by atoms with Crippen molar-refractivity contribution in [3.63, 3.8) is 0 Å². The van der Waals surface area contributed by atoms with Gasteiger partial charge in [0.1, 0.15) is 12.1 Å². The second-order valence-electron chi connectivity index (χ2n) is 5.51. The zero-order valence-corrected chi connectivity index (χ0v) is 12.0. The number of carbonyl (C=O) groups excluding carboxylic acids is 2. The molecule has 0 bridgehead atoms. The Hall–Kier alpha value is -1.10. The fraction of sp³-hybridized carbons (Fsp3) is 0.857. The fourth-order valence-electron chi connectivity index (χ4n) is 2.99. The van der Waals surface area contributed by atoms with E-state index in [1.807, 2.05) is 20.8 Å². The number of nitrogens with zero attached hydrogens (tertiary/aromatic N) is 1. The molecule has 2 aliphatic heterocycles. The van der Waals surface area contributed by atoms with E-state index in [2.05, 4.69) is 5.32 Å². The number of carbonyl (C=O) groups is 2. The third-order valence-corrected chi connectivity index (χ3v) is 4.34. The van der Waals surface area contributed by atoms with Gasteiger partial charge in [-0.3, -0.25) is 9.59 Å². The minimum absolute atomic E-state index is 0.0134. The number of hydrogen-bond donors (Lipinski definition) is 1. The molecule has 0 aromatic carbocycles. The maximum Gasteiger partial charge on any atom is 0.245 e. The number of piperazine rings is 1. The molecule has 2 heterocycles. The van der Waals surface area contributed by atoms with E-state index in [1.165, 1.54) is 0 Å². The summed E-state index contributed by atoms with van der Waals surface area (Å²) < 4.78 is 5.55. The summed E-state index contributed by atoms with van der Waals surface area (Å²) in [4.78, 5) is 26.3. The Bertz CT molecular complexity index is 359. The SMILES string of the molecule is CCC1NC(=O)C(CC)N(CC2CCOC2C)C1=O. The number of amides is 2. The van der Waals surface area contributed by atoms with Crippen LogP contribution in [0.5, 0.6) is 0 Å². The molecule has 4 unspecified atom stereocenters. The third kappa shape index (κ3) is 2.76. The second-order valence-corrected chi connectivity index (χ2v) is 5.51. The summed E-state index contributed by atoms with van der Waals surface area (Å²) in [6.45, 7) is 7.32. The maximum absolute atomic E-state index is 12.4. The number of nitrogens with one attached hydrogen (secondary N) is 1. The first-order valence-electron chi connectivity index (χ1n) is 7.30. The van der Waals surface area contributed by atoms with Gasteiger partial charge in [-0.15, -0.1) is 0 Å². The van der Waals surface area contributed by atoms with Crippen LogP contribution in [0.1, 0.15) is 40.0 Å². The Morgan fingerprint density at radius 2 is 2.05 bits per heavy atom. The monoisotopic (exact) mass is 268 g/mol. The Labute approximate surface area is 114 Å². The second kappa shape index (κ2) is 5.90. The van der Waals surface area contributed by atoms with Crippen LogP contribution in [0.4, 0.5) is 0 Å². The van der Waals surface area contributed by atoms with Crippen molar-refractivity contribution in [3.8, 4) is 0 Å². The van der Waals surface area contributed by atoms with Crippen LogP contribution in [0.15, 0.2) is 0 Å². The number of hydrogen-bond acceptors (Lipinski definition) is 3. The van der Waals surface area contributed by atoms with E-state index in [-0.39, 0.29) is 30.0 Å². The van der Waals surface area contributed by atoms with Crippen LogP contribution in [0, 0.1) is 5.92 Å². The summed E-state index contributed by atoms with van der Waals surface area (Å²) in [7, 11) is 0. The Morgan fingerprint density at radius 1 is 1.32 bits per heavy atom. The summed E-state index contributed by atoms with van der Waals surface area (Å²) in [6, 6.07) is -0.670. The smallest absolute Gasteiger partial charge is 0.245 e. The highest BCUT2D eigenvalue weighted by molar-refractivity contribution is 5.96. The van der Waals surface area contributed by atoms with Crippen molar-refractivity contribution in [2.24, 2.45) is 5.92 Å². The molecule has 1 N–H and O–H groups in total. The van der Waals surface area contributed by atoms with Crippen LogP contribution >= 0.6 is 0 Å². The van der Waals surface area contributed by atoms with E-state index in [0.717, 1.165) is 13.0 Å². The van der Waals surface area contributed by atoms with Crippen molar-refractivity contribution in [2.75, 3.05) is 13.2 Å². The minimum Gasteiger partial charge on any atom is -0.378 e. The van der Waals surface area contributed by atoms with Crippen LogP contribution < -0.4 is 5.32 Å². The molecule has 2 fully saturated rings. The standard InChI is InChI=1S/C14H24N2O3/c1-4-11-14(18)16(12(5-2)13(17)15-11)8-10-6-7-19-9(10)3/h9-12H,4-8H2,1-3H3,(H,15,17). The Morgan fingerprint density at radius 3 is 2.58 bits per heavy atom. The topological polar surface area (TPSA) is 58.6 Å². The molecule has 4 atom stereocenters. The Kier molecular flexibility index (Phi) is 4.45. The van der Waals surface area contributed by atoms with Gasteiger partial charge in [0.05, 0.1) is 6.10 Å². The van der Waals surface area contributed by atoms with Crippen molar-refractivity contribution in [1.29, 1.82) is 0 Å². The van der Waals surface area contributed by atoms with E-state index in [1.54, 1.807) is 4.90 Å². The summed E-state index contributed by atoms with van der Waals surface area (Å²) >= 11 is 0. The molecule has 0 aromatic heterocycles. The zero-order chi connectivity index (χ0) is 14.0. The molecule has 2 rings (SSSR count). The molecule has 19 heavy (non-hydrogen) atoms. The minimum atomic E-state index is -0.354. The van der Waals surface area contributed by atoms with Gasteiger partial charge in [-0.25, -0.2) is 0 Å². The Balaban J connectivity index is 2.12. The molecule has 0 aromatic rings. The predicted octanol–water partition coefficient (Wildman–Crippen LogP) is 0.927. The highest BCUT2D eigenvalue weighted by Gasteiger charge is 2.40. The molecule has 5 heteroatoms. The maximum atomic E-state index is 12.4. The van der Waals surface area contributed by atoms with E-state index >= 15 is 0 Å². The van der Waals surface area contributed by atoms with Gasteiger partial charge in [-0.2, -0.15) is 0 Å². The van der Waals surface area contributed by atoms with Gasteiger partial charge in [0, 0.05) is 19.1 Å². The van der Waals surface area contributed by atoms with E-state index in [0.29, 0.717) is 25.3 Å². The third-order valence-electron chi connectivity index (χ3n) is 4.34. The molecule has 2 saturated heterocycles. The summed E-state index contributed by atoms with van der Waals surface area (Å²) in [6.07, 6.45) is 2.46. The van der Waals surface area contributed by atoms with Crippen LogP contribution in [0.25, 0.3) is 0 Å². The van der Waals surface area contributed by atoms with Gasteiger partial charge in [0.15, 0.2) is 0 Å². The van der Waals surface area contributed by atoms with Crippen molar-refractivity contribution < 1.29 is 14.3 Å². The van der Waals surface area contributed by atoms with Crippen molar-refractivity contribution in [1.82, 2.24) is 10.2 Å². The normalized spacial score (nSPS) is 35.6. The van der Waals surface area contributed by atoms with Gasteiger partial charge in [-0.1, -0.05) is 13.8 Å². The van der Waals surface area contributed by atoms with Crippen molar-refractivity contribution in [2.45, 2.75) is 58.2 Å². The van der Waals surface area contributed by atoms with Gasteiger partial charge < -0.3 is 15.0 Å². The molecule has 108 valence electrons. The predicted molar refractivity (Wildman–Crippen MR) is 71.5 cm³/mol. The zero-order valence-electron chi connectivity index (χ0n) is 12.0. The molecule has 5 nitrogen and oxygen atoms in total. The number of ether oxygens (including phenoxy) is 1. The van der Waals surface area contributed by atoms with Crippen LogP contribution in [0.2, 0.25) is 0 Å². The molecule has 2 amide bonds. The van der Waals surface area contributed by atoms with Gasteiger partial charge in [0.2, 0.25) is 11.8 Å². The molecule has 0 radical (unpaired) electrons. The summed E-state index contributed by atoms with van der Waals surface area (Å²) in [5.41, 5.74) is 0. The molecular formula is C14H24N2O3. The fourth-order valence-corrected chi connectivity index (χ4v) is 2.99. The lowest BCUT2D eigenvalue weighted by Gasteiger charge is -2.40. The molecular weight excluding hydrogens is 244 g/mol. The summed E-state index contributed by atoms with van der Waals surface area (Å²) in [5, 5.41) is 2.82. The molecule has 0 aliphatic carbocycles. The molecule has 0 saturated carbocycles. The van der Waals surface area contributed by atoms with E-state index in [9.17, 15) is 9.59 Å². The van der Waals surface area contributed by atoms with Gasteiger partial charge in [-0.05, 0) is 26.2 Å². The van der Waals surface area contributed by atoms with E-state index < -0.39 is 0 Å². The van der Waals surface area contributed by atoms with Gasteiger partial charge >= 0.3 is 0 Å². The number of rotatable bonds is 4. The highest BCUT2D eigenvalue weighted by Crippen LogP contribution is 2.25. The first kappa shape index (κ1) is 14.3. The molecule has 2 aliphatic rings. The first-order valence-corrected chi connectivity index (χ1v) is 7.30. The quantitative estimate of drug-likeness (QED) is 0.825. The van der Waals surface area contributed by atoms with Gasteiger partial charge in [0.25, 0.3) is 0 Å². The van der Waals surface area contributed by atoms with Crippen LogP contribution in [-0.4, -0.2) is 48.1 Å².